The molecule has 0 radical (unpaired) electrons. The molecule has 9 heteroatoms. The Morgan fingerprint density at radius 2 is 2.00 bits per heavy atom. The molecule has 2 N–H and O–H groups in total. The molecule has 3 aromatic rings. The van der Waals surface area contributed by atoms with Crippen molar-refractivity contribution in [1.29, 1.82) is 0 Å². The van der Waals surface area contributed by atoms with Gasteiger partial charge >= 0.3 is 0 Å². The van der Waals surface area contributed by atoms with Crippen molar-refractivity contribution in [2.45, 2.75) is 11.7 Å². The third-order valence-electron chi connectivity index (χ3n) is 3.76. The number of amides is 1. The molecule has 0 unspecified atom stereocenters. The van der Waals surface area contributed by atoms with Crippen molar-refractivity contribution in [3.8, 4) is 17.0 Å². The van der Waals surface area contributed by atoms with E-state index in [9.17, 15) is 9.59 Å². The third-order valence-corrected chi connectivity index (χ3v) is 4.86. The van der Waals surface area contributed by atoms with E-state index >= 15 is 0 Å². The lowest BCUT2D eigenvalue weighted by Gasteiger charge is -2.06. The van der Waals surface area contributed by atoms with Gasteiger partial charge in [0, 0.05) is 17.1 Å². The first-order valence-corrected chi connectivity index (χ1v) is 9.67. The summed E-state index contributed by atoms with van der Waals surface area (Å²) >= 11 is 7.02. The topological polar surface area (TPSA) is 97.0 Å². The molecule has 28 heavy (non-hydrogen) atoms. The van der Waals surface area contributed by atoms with Gasteiger partial charge < -0.3 is 10.1 Å². The molecule has 0 saturated heterocycles. The quantitative estimate of drug-likeness (QED) is 0.575. The Hall–Kier alpha value is -2.84. The van der Waals surface area contributed by atoms with Gasteiger partial charge in [0.05, 0.1) is 12.9 Å². The number of hydrogen-bond donors (Lipinski definition) is 2. The lowest BCUT2D eigenvalue weighted by Crippen LogP contribution is -2.25. The highest BCUT2D eigenvalue weighted by Crippen LogP contribution is 2.18. The van der Waals surface area contributed by atoms with Crippen molar-refractivity contribution in [1.82, 2.24) is 20.5 Å². The maximum atomic E-state index is 12.3. The SMILES string of the molecule is COc1ccc(-c2nnc(SCC(=O)NCc3cccc(Cl)c3)[nH]c2=O)cc1. The van der Waals surface area contributed by atoms with Gasteiger partial charge in [-0.3, -0.25) is 14.6 Å². The Morgan fingerprint density at radius 3 is 2.68 bits per heavy atom. The van der Waals surface area contributed by atoms with Gasteiger partial charge in [-0.05, 0) is 42.0 Å². The molecule has 0 aliphatic heterocycles. The summed E-state index contributed by atoms with van der Waals surface area (Å²) in [5, 5.41) is 11.7. The van der Waals surface area contributed by atoms with E-state index in [0.717, 1.165) is 17.3 Å². The van der Waals surface area contributed by atoms with Crippen LogP contribution >= 0.6 is 23.4 Å². The maximum Gasteiger partial charge on any atom is 0.278 e. The molecule has 2 aromatic carbocycles. The van der Waals surface area contributed by atoms with E-state index in [1.165, 1.54) is 0 Å². The molecule has 3 rings (SSSR count). The maximum absolute atomic E-state index is 12.3. The number of H-pyrrole nitrogens is 1. The van der Waals surface area contributed by atoms with Crippen LogP contribution in [-0.4, -0.2) is 34.0 Å². The lowest BCUT2D eigenvalue weighted by atomic mass is 10.1. The van der Waals surface area contributed by atoms with Crippen molar-refractivity contribution in [2.24, 2.45) is 0 Å². The number of benzene rings is 2. The smallest absolute Gasteiger partial charge is 0.278 e. The second kappa shape index (κ2) is 9.38. The second-order valence-electron chi connectivity index (χ2n) is 5.73. The zero-order valence-electron chi connectivity index (χ0n) is 14.9. The molecule has 1 heterocycles. The number of thioether (sulfide) groups is 1. The lowest BCUT2D eigenvalue weighted by molar-refractivity contribution is -0.118. The summed E-state index contributed by atoms with van der Waals surface area (Å²) in [6.45, 7) is 0.374. The molecule has 0 spiro atoms. The molecular formula is C19H17ClN4O3S. The first kappa shape index (κ1) is 19.9. The Labute approximate surface area is 170 Å². The molecule has 0 aliphatic rings. The number of carbonyl (C=O) groups excluding carboxylic acids is 1. The van der Waals surface area contributed by atoms with E-state index in [1.54, 1.807) is 43.5 Å². The van der Waals surface area contributed by atoms with Gasteiger partial charge in [0.2, 0.25) is 5.91 Å². The van der Waals surface area contributed by atoms with E-state index in [1.807, 2.05) is 12.1 Å². The fraction of sp³-hybridized carbons (Fsp3) is 0.158. The molecule has 7 nitrogen and oxygen atoms in total. The van der Waals surface area contributed by atoms with E-state index in [2.05, 4.69) is 20.5 Å². The predicted molar refractivity (Wildman–Crippen MR) is 109 cm³/mol. The highest BCUT2D eigenvalue weighted by atomic mass is 35.5. The number of aromatic amines is 1. The van der Waals surface area contributed by atoms with Crippen LogP contribution in [0.2, 0.25) is 5.02 Å². The number of nitrogens with one attached hydrogen (secondary N) is 2. The van der Waals surface area contributed by atoms with Gasteiger partial charge in [-0.2, -0.15) is 0 Å². The number of rotatable bonds is 7. The van der Waals surface area contributed by atoms with Gasteiger partial charge in [0.1, 0.15) is 5.75 Å². The van der Waals surface area contributed by atoms with Crippen LogP contribution < -0.4 is 15.6 Å². The van der Waals surface area contributed by atoms with Gasteiger partial charge in [0.25, 0.3) is 5.56 Å². The average Bonchev–Trinajstić information content (AvgIpc) is 2.71. The first-order valence-electron chi connectivity index (χ1n) is 8.30. The summed E-state index contributed by atoms with van der Waals surface area (Å²) < 4.78 is 5.09. The van der Waals surface area contributed by atoms with Crippen LogP contribution in [-0.2, 0) is 11.3 Å². The van der Waals surface area contributed by atoms with E-state index < -0.39 is 0 Å². The highest BCUT2D eigenvalue weighted by molar-refractivity contribution is 7.99. The Balaban J connectivity index is 1.56. The van der Waals surface area contributed by atoms with Crippen LogP contribution in [0.3, 0.4) is 0 Å². The zero-order valence-corrected chi connectivity index (χ0v) is 16.5. The predicted octanol–water partition coefficient (Wildman–Crippen LogP) is 2.90. The van der Waals surface area contributed by atoms with Crippen molar-refractivity contribution in [2.75, 3.05) is 12.9 Å². The molecule has 144 valence electrons. The Morgan fingerprint density at radius 1 is 1.21 bits per heavy atom. The molecule has 1 aromatic heterocycles. The zero-order chi connectivity index (χ0) is 19.9. The van der Waals surface area contributed by atoms with Crippen molar-refractivity contribution < 1.29 is 9.53 Å². The Bertz CT molecular complexity index is 1020. The number of halogens is 1. The summed E-state index contributed by atoms with van der Waals surface area (Å²) in [6, 6.07) is 14.2. The number of hydrogen-bond acceptors (Lipinski definition) is 6. The van der Waals surface area contributed by atoms with Crippen molar-refractivity contribution >= 4 is 29.3 Å². The molecule has 1 amide bonds. The third kappa shape index (κ3) is 5.34. The molecule has 0 fully saturated rings. The van der Waals surface area contributed by atoms with Gasteiger partial charge in [0.15, 0.2) is 10.9 Å². The van der Waals surface area contributed by atoms with Gasteiger partial charge in [-0.25, -0.2) is 0 Å². The van der Waals surface area contributed by atoms with Crippen LogP contribution in [0, 0.1) is 0 Å². The second-order valence-corrected chi connectivity index (χ2v) is 7.13. The largest absolute Gasteiger partial charge is 0.497 e. The summed E-state index contributed by atoms with van der Waals surface area (Å²) in [4.78, 5) is 26.9. The molecular weight excluding hydrogens is 400 g/mol. The van der Waals surface area contributed by atoms with Crippen LogP contribution in [0.5, 0.6) is 5.75 Å². The van der Waals surface area contributed by atoms with Crippen LogP contribution in [0.1, 0.15) is 5.56 Å². The number of ether oxygens (including phenoxy) is 1. The van der Waals surface area contributed by atoms with Crippen molar-refractivity contribution in [3.63, 3.8) is 0 Å². The number of nitrogens with zero attached hydrogens (tertiary/aromatic N) is 2. The summed E-state index contributed by atoms with van der Waals surface area (Å²) in [5.74, 6) is 0.600. The molecule has 0 aliphatic carbocycles. The average molecular weight is 417 g/mol. The van der Waals surface area contributed by atoms with E-state index in [4.69, 9.17) is 16.3 Å². The number of carbonyl (C=O) groups is 1. The molecule has 0 saturated carbocycles. The number of aromatic nitrogens is 3. The minimum atomic E-state index is -0.373. The highest BCUT2D eigenvalue weighted by Gasteiger charge is 2.10. The minimum absolute atomic E-state index is 0.104. The summed E-state index contributed by atoms with van der Waals surface area (Å²) in [7, 11) is 1.57. The molecule has 0 bridgehead atoms. The fourth-order valence-electron chi connectivity index (χ4n) is 2.36. The normalized spacial score (nSPS) is 10.5. The minimum Gasteiger partial charge on any atom is -0.497 e. The van der Waals surface area contributed by atoms with Gasteiger partial charge in [-0.15, -0.1) is 10.2 Å². The van der Waals surface area contributed by atoms with Crippen LogP contribution in [0.15, 0.2) is 58.5 Å². The van der Waals surface area contributed by atoms with Gasteiger partial charge in [-0.1, -0.05) is 35.5 Å². The summed E-state index contributed by atoms with van der Waals surface area (Å²) in [5.41, 5.74) is 1.37. The summed E-state index contributed by atoms with van der Waals surface area (Å²) in [6.07, 6.45) is 0. The van der Waals surface area contributed by atoms with Crippen molar-refractivity contribution in [3.05, 3.63) is 69.5 Å². The first-order chi connectivity index (χ1) is 13.5. The van der Waals surface area contributed by atoms with Crippen LogP contribution in [0.25, 0.3) is 11.3 Å². The monoisotopic (exact) mass is 416 g/mol. The van der Waals surface area contributed by atoms with E-state index in [-0.39, 0.29) is 28.1 Å². The van der Waals surface area contributed by atoms with E-state index in [0.29, 0.717) is 22.9 Å². The standard InChI is InChI=1S/C19H17ClN4O3S/c1-27-15-7-5-13(6-8-15)17-18(26)22-19(24-23-17)28-11-16(25)21-10-12-3-2-4-14(20)9-12/h2-9H,10-11H2,1H3,(H,21,25)(H,22,24,26). The number of methoxy groups -OCH3 is 1. The Kier molecular flexibility index (Phi) is 6.67. The molecule has 0 atom stereocenters. The fourth-order valence-corrected chi connectivity index (χ4v) is 3.20. The van der Waals surface area contributed by atoms with Crippen LogP contribution in [0.4, 0.5) is 0 Å².